The molecule has 1 unspecified atom stereocenters. The summed E-state index contributed by atoms with van der Waals surface area (Å²) in [6.07, 6.45) is 7.49. The van der Waals surface area contributed by atoms with Gasteiger partial charge in [-0.1, -0.05) is 18.6 Å². The van der Waals surface area contributed by atoms with Crippen LogP contribution in [0, 0.1) is 0 Å². The average molecular weight is 166 g/mol. The quantitative estimate of drug-likeness (QED) is 0.598. The molecule has 0 radical (unpaired) electrons. The highest BCUT2D eigenvalue weighted by molar-refractivity contribution is 5.80. The molecule has 3 nitrogen and oxygen atoms in total. The standard InChI is InChI=1S/C9H14N2O/c10-9(12)8-3-1-2-6-11(8)7-4-5-7/h4-5,7-8H,1-3,6H2,(H2,10,12). The van der Waals surface area contributed by atoms with Crippen LogP contribution in [0.3, 0.4) is 0 Å². The Bertz CT molecular complexity index is 219. The molecule has 1 aliphatic heterocycles. The second kappa shape index (κ2) is 2.90. The molecule has 66 valence electrons. The summed E-state index contributed by atoms with van der Waals surface area (Å²) in [7, 11) is 0. The molecular weight excluding hydrogens is 152 g/mol. The number of primary amides is 1. The van der Waals surface area contributed by atoms with Gasteiger partial charge < -0.3 is 5.73 Å². The van der Waals surface area contributed by atoms with Gasteiger partial charge in [-0.15, -0.1) is 0 Å². The van der Waals surface area contributed by atoms with E-state index in [0.29, 0.717) is 6.04 Å². The summed E-state index contributed by atoms with van der Waals surface area (Å²) in [4.78, 5) is 13.2. The maximum absolute atomic E-state index is 11.0. The third-order valence-electron chi connectivity index (χ3n) is 2.62. The van der Waals surface area contributed by atoms with Gasteiger partial charge in [0, 0.05) is 6.04 Å². The number of carbonyl (C=O) groups excluding carboxylic acids is 1. The van der Waals surface area contributed by atoms with E-state index in [0.717, 1.165) is 19.4 Å². The van der Waals surface area contributed by atoms with Gasteiger partial charge in [-0.25, -0.2) is 0 Å². The molecule has 0 aromatic carbocycles. The average Bonchev–Trinajstić information content (AvgIpc) is 2.87. The fourth-order valence-corrected chi connectivity index (χ4v) is 1.89. The number of hydrogen-bond donors (Lipinski definition) is 1. The van der Waals surface area contributed by atoms with Crippen molar-refractivity contribution in [2.75, 3.05) is 6.54 Å². The van der Waals surface area contributed by atoms with E-state index in [2.05, 4.69) is 17.1 Å². The van der Waals surface area contributed by atoms with Crippen molar-refractivity contribution in [3.63, 3.8) is 0 Å². The molecule has 12 heavy (non-hydrogen) atoms. The zero-order valence-corrected chi connectivity index (χ0v) is 7.07. The highest BCUT2D eigenvalue weighted by atomic mass is 16.1. The predicted molar refractivity (Wildman–Crippen MR) is 46.5 cm³/mol. The molecule has 0 spiro atoms. The molecule has 0 bridgehead atoms. The van der Waals surface area contributed by atoms with E-state index >= 15 is 0 Å². The molecule has 1 fully saturated rings. The molecule has 1 aliphatic carbocycles. The van der Waals surface area contributed by atoms with Crippen LogP contribution in [0.15, 0.2) is 12.2 Å². The lowest BCUT2D eigenvalue weighted by Gasteiger charge is -2.33. The van der Waals surface area contributed by atoms with Crippen molar-refractivity contribution in [2.45, 2.75) is 31.3 Å². The highest BCUT2D eigenvalue weighted by Crippen LogP contribution is 2.25. The second-order valence-electron chi connectivity index (χ2n) is 3.53. The van der Waals surface area contributed by atoms with E-state index in [-0.39, 0.29) is 11.9 Å². The van der Waals surface area contributed by atoms with Gasteiger partial charge in [0.15, 0.2) is 0 Å². The first-order chi connectivity index (χ1) is 5.79. The topological polar surface area (TPSA) is 46.3 Å². The lowest BCUT2D eigenvalue weighted by molar-refractivity contribution is -0.124. The van der Waals surface area contributed by atoms with Gasteiger partial charge in [-0.3, -0.25) is 9.69 Å². The van der Waals surface area contributed by atoms with Crippen LogP contribution in [-0.2, 0) is 4.79 Å². The monoisotopic (exact) mass is 166 g/mol. The summed E-state index contributed by atoms with van der Waals surface area (Å²) in [5.41, 5.74) is 5.31. The Morgan fingerprint density at radius 1 is 1.42 bits per heavy atom. The number of nitrogens with zero attached hydrogens (tertiary/aromatic N) is 1. The van der Waals surface area contributed by atoms with Crippen molar-refractivity contribution in [1.82, 2.24) is 4.90 Å². The Morgan fingerprint density at radius 3 is 2.75 bits per heavy atom. The van der Waals surface area contributed by atoms with Gasteiger partial charge in [0.1, 0.15) is 0 Å². The zero-order valence-electron chi connectivity index (χ0n) is 7.07. The maximum Gasteiger partial charge on any atom is 0.234 e. The van der Waals surface area contributed by atoms with Crippen LogP contribution < -0.4 is 5.73 Å². The van der Waals surface area contributed by atoms with Crippen molar-refractivity contribution in [1.29, 1.82) is 0 Å². The predicted octanol–water partition coefficient (Wildman–Crippen LogP) is 0.265. The fraction of sp³-hybridized carbons (Fsp3) is 0.667. The summed E-state index contributed by atoms with van der Waals surface area (Å²) >= 11 is 0. The van der Waals surface area contributed by atoms with Crippen molar-refractivity contribution in [3.8, 4) is 0 Å². The molecular formula is C9H14N2O. The number of likely N-dealkylation sites (tertiary alicyclic amines) is 1. The largest absolute Gasteiger partial charge is 0.368 e. The number of nitrogens with two attached hydrogens (primary N) is 1. The van der Waals surface area contributed by atoms with Crippen LogP contribution in [0.4, 0.5) is 0 Å². The zero-order chi connectivity index (χ0) is 8.55. The molecule has 3 heteroatoms. The normalized spacial score (nSPS) is 30.5. The van der Waals surface area contributed by atoms with Gasteiger partial charge in [0.25, 0.3) is 0 Å². The summed E-state index contributed by atoms with van der Waals surface area (Å²) in [5.74, 6) is -0.164. The number of carbonyl (C=O) groups is 1. The van der Waals surface area contributed by atoms with Gasteiger partial charge >= 0.3 is 0 Å². The van der Waals surface area contributed by atoms with Crippen LogP contribution in [0.1, 0.15) is 19.3 Å². The Hall–Kier alpha value is -0.830. The summed E-state index contributed by atoms with van der Waals surface area (Å²) in [5, 5.41) is 0. The van der Waals surface area contributed by atoms with E-state index in [4.69, 9.17) is 5.73 Å². The van der Waals surface area contributed by atoms with Crippen LogP contribution >= 0.6 is 0 Å². The van der Waals surface area contributed by atoms with Gasteiger partial charge in [0.05, 0.1) is 6.04 Å². The molecule has 1 saturated heterocycles. The van der Waals surface area contributed by atoms with Crippen molar-refractivity contribution in [2.24, 2.45) is 5.73 Å². The Morgan fingerprint density at radius 2 is 2.17 bits per heavy atom. The lowest BCUT2D eigenvalue weighted by atomic mass is 10.0. The van der Waals surface area contributed by atoms with E-state index < -0.39 is 0 Å². The molecule has 1 amide bonds. The van der Waals surface area contributed by atoms with E-state index in [1.807, 2.05) is 0 Å². The SMILES string of the molecule is NC(=O)C1CCCCN1C1C=C1. The number of piperidine rings is 1. The number of amides is 1. The summed E-state index contributed by atoms with van der Waals surface area (Å²) < 4.78 is 0. The molecule has 2 N–H and O–H groups in total. The van der Waals surface area contributed by atoms with Crippen LogP contribution in [0.25, 0.3) is 0 Å². The Balaban J connectivity index is 2.00. The summed E-state index contributed by atoms with van der Waals surface area (Å²) in [6, 6.07) is 0.418. The van der Waals surface area contributed by atoms with Crippen LogP contribution in [0.5, 0.6) is 0 Å². The van der Waals surface area contributed by atoms with E-state index in [1.165, 1.54) is 6.42 Å². The summed E-state index contributed by atoms with van der Waals surface area (Å²) in [6.45, 7) is 1.02. The highest BCUT2D eigenvalue weighted by Gasteiger charge is 2.33. The molecule has 0 aromatic rings. The van der Waals surface area contributed by atoms with Crippen LogP contribution in [-0.4, -0.2) is 29.4 Å². The van der Waals surface area contributed by atoms with Gasteiger partial charge in [0.2, 0.25) is 5.91 Å². The molecule has 2 rings (SSSR count). The minimum atomic E-state index is -0.164. The first-order valence-electron chi connectivity index (χ1n) is 4.52. The maximum atomic E-state index is 11.0. The molecule has 2 aliphatic rings. The first kappa shape index (κ1) is 7.80. The number of hydrogen-bond acceptors (Lipinski definition) is 2. The van der Waals surface area contributed by atoms with Crippen LogP contribution in [0.2, 0.25) is 0 Å². The Kier molecular flexibility index (Phi) is 1.89. The smallest absolute Gasteiger partial charge is 0.234 e. The third-order valence-corrected chi connectivity index (χ3v) is 2.62. The third kappa shape index (κ3) is 1.37. The molecule has 1 heterocycles. The van der Waals surface area contributed by atoms with Crippen molar-refractivity contribution < 1.29 is 4.79 Å². The molecule has 0 aromatic heterocycles. The van der Waals surface area contributed by atoms with E-state index in [9.17, 15) is 4.79 Å². The number of rotatable bonds is 2. The Labute approximate surface area is 72.2 Å². The fourth-order valence-electron chi connectivity index (χ4n) is 1.89. The van der Waals surface area contributed by atoms with E-state index in [1.54, 1.807) is 0 Å². The minimum Gasteiger partial charge on any atom is -0.368 e. The molecule has 1 atom stereocenters. The molecule has 0 saturated carbocycles. The van der Waals surface area contributed by atoms with Gasteiger partial charge in [-0.05, 0) is 19.4 Å². The lowest BCUT2D eigenvalue weighted by Crippen LogP contribution is -2.49. The van der Waals surface area contributed by atoms with Crippen molar-refractivity contribution in [3.05, 3.63) is 12.2 Å². The van der Waals surface area contributed by atoms with Crippen molar-refractivity contribution >= 4 is 5.91 Å². The first-order valence-corrected chi connectivity index (χ1v) is 4.52. The second-order valence-corrected chi connectivity index (χ2v) is 3.53. The van der Waals surface area contributed by atoms with Gasteiger partial charge in [-0.2, -0.15) is 0 Å². The minimum absolute atomic E-state index is 0.0150.